The number of nitrogens with one attached hydrogen (secondary N) is 1. The van der Waals surface area contributed by atoms with E-state index in [9.17, 15) is 4.79 Å². The molecule has 5 nitrogen and oxygen atoms in total. The van der Waals surface area contributed by atoms with E-state index in [-0.39, 0.29) is 5.91 Å². The maximum Gasteiger partial charge on any atom is 0.237 e. The zero-order chi connectivity index (χ0) is 13.7. The number of aryl methyl sites for hydroxylation is 2. The molecule has 1 aromatic heterocycles. The molecule has 98 valence electrons. The third kappa shape index (κ3) is 3.10. The van der Waals surface area contributed by atoms with Gasteiger partial charge in [0.1, 0.15) is 5.92 Å². The molecule has 1 rings (SSSR count). The van der Waals surface area contributed by atoms with Gasteiger partial charge in [-0.25, -0.2) is 0 Å². The van der Waals surface area contributed by atoms with Crippen molar-refractivity contribution in [1.29, 1.82) is 5.26 Å². The number of nitrogens with zero attached hydrogens (tertiary/aromatic N) is 3. The van der Waals surface area contributed by atoms with E-state index in [2.05, 4.69) is 10.4 Å². The Balaban J connectivity index is 2.65. The number of carbonyl (C=O) groups excluding carboxylic acids is 1. The van der Waals surface area contributed by atoms with Gasteiger partial charge in [0.2, 0.25) is 5.91 Å². The number of nitriles is 1. The predicted molar refractivity (Wildman–Crippen MR) is 68.5 cm³/mol. The van der Waals surface area contributed by atoms with Crippen molar-refractivity contribution in [2.24, 2.45) is 13.0 Å². The topological polar surface area (TPSA) is 70.7 Å². The number of hydrogen-bond donors (Lipinski definition) is 1. The van der Waals surface area contributed by atoms with Crippen molar-refractivity contribution in [2.45, 2.75) is 40.2 Å². The SMILES string of the molecule is CCCC(C#N)C(=O)NCc1c(C)nn(C)c1C. The molecule has 1 atom stereocenters. The van der Waals surface area contributed by atoms with Crippen molar-refractivity contribution in [3.63, 3.8) is 0 Å². The largest absolute Gasteiger partial charge is 0.351 e. The standard InChI is InChI=1S/C13H20N4O/c1-5-6-11(7-14)13(18)15-8-12-9(2)16-17(4)10(12)3/h11H,5-6,8H2,1-4H3,(H,15,18). The van der Waals surface area contributed by atoms with Crippen LogP contribution in [0.5, 0.6) is 0 Å². The Labute approximate surface area is 108 Å². The van der Waals surface area contributed by atoms with E-state index < -0.39 is 5.92 Å². The van der Waals surface area contributed by atoms with Gasteiger partial charge in [0, 0.05) is 24.8 Å². The molecule has 1 heterocycles. The molecule has 0 spiro atoms. The fourth-order valence-corrected chi connectivity index (χ4v) is 1.91. The highest BCUT2D eigenvalue weighted by molar-refractivity contribution is 5.81. The van der Waals surface area contributed by atoms with Crippen LogP contribution in [-0.4, -0.2) is 15.7 Å². The molecule has 5 heteroatoms. The Kier molecular flexibility index (Phi) is 4.90. The third-order valence-corrected chi connectivity index (χ3v) is 3.15. The second-order valence-electron chi connectivity index (χ2n) is 4.46. The first-order chi connectivity index (χ1) is 8.51. The van der Waals surface area contributed by atoms with Crippen molar-refractivity contribution in [3.05, 3.63) is 17.0 Å². The zero-order valence-corrected chi connectivity index (χ0v) is 11.4. The summed E-state index contributed by atoms with van der Waals surface area (Å²) in [5, 5.41) is 16.0. The molecule has 0 saturated carbocycles. The van der Waals surface area contributed by atoms with Gasteiger partial charge < -0.3 is 5.32 Å². The second-order valence-corrected chi connectivity index (χ2v) is 4.46. The van der Waals surface area contributed by atoms with Crippen molar-refractivity contribution in [1.82, 2.24) is 15.1 Å². The van der Waals surface area contributed by atoms with Gasteiger partial charge in [0.05, 0.1) is 11.8 Å². The van der Waals surface area contributed by atoms with Crippen molar-refractivity contribution < 1.29 is 4.79 Å². The summed E-state index contributed by atoms with van der Waals surface area (Å²) in [7, 11) is 1.88. The minimum Gasteiger partial charge on any atom is -0.351 e. The highest BCUT2D eigenvalue weighted by Crippen LogP contribution is 2.12. The summed E-state index contributed by atoms with van der Waals surface area (Å²) in [6.45, 7) is 6.29. The first-order valence-corrected chi connectivity index (χ1v) is 6.17. The van der Waals surface area contributed by atoms with Crippen LogP contribution in [0.15, 0.2) is 0 Å². The van der Waals surface area contributed by atoms with Gasteiger partial charge in [0.25, 0.3) is 0 Å². The summed E-state index contributed by atoms with van der Waals surface area (Å²) in [6, 6.07) is 2.04. The summed E-state index contributed by atoms with van der Waals surface area (Å²) in [4.78, 5) is 11.8. The van der Waals surface area contributed by atoms with Gasteiger partial charge in [-0.05, 0) is 20.3 Å². The van der Waals surface area contributed by atoms with Gasteiger partial charge >= 0.3 is 0 Å². The van der Waals surface area contributed by atoms with Crippen LogP contribution < -0.4 is 5.32 Å². The number of carbonyl (C=O) groups is 1. The van der Waals surface area contributed by atoms with Crippen LogP contribution in [0.4, 0.5) is 0 Å². The molecule has 0 aliphatic heterocycles. The first-order valence-electron chi connectivity index (χ1n) is 6.17. The molecular formula is C13H20N4O. The highest BCUT2D eigenvalue weighted by atomic mass is 16.1. The van der Waals surface area contributed by atoms with Gasteiger partial charge in [-0.15, -0.1) is 0 Å². The Bertz CT molecular complexity index is 470. The van der Waals surface area contributed by atoms with E-state index in [0.717, 1.165) is 23.4 Å². The summed E-state index contributed by atoms with van der Waals surface area (Å²) in [5.41, 5.74) is 2.98. The maximum atomic E-state index is 11.8. The first kappa shape index (κ1) is 14.2. The molecule has 0 fully saturated rings. The predicted octanol–water partition coefficient (Wildman–Crippen LogP) is 1.59. The summed E-state index contributed by atoms with van der Waals surface area (Å²) in [5.74, 6) is -0.741. The number of hydrogen-bond acceptors (Lipinski definition) is 3. The molecular weight excluding hydrogens is 228 g/mol. The minimum atomic E-state index is -0.549. The summed E-state index contributed by atoms with van der Waals surface area (Å²) < 4.78 is 1.80. The van der Waals surface area contributed by atoms with E-state index in [4.69, 9.17) is 5.26 Å². The molecule has 18 heavy (non-hydrogen) atoms. The van der Waals surface area contributed by atoms with Crippen LogP contribution in [0.2, 0.25) is 0 Å². The molecule has 1 N–H and O–H groups in total. The monoisotopic (exact) mass is 248 g/mol. The second kappa shape index (κ2) is 6.20. The molecule has 0 radical (unpaired) electrons. The smallest absolute Gasteiger partial charge is 0.237 e. The van der Waals surface area contributed by atoms with Gasteiger partial charge in [-0.3, -0.25) is 9.48 Å². The Morgan fingerprint density at radius 3 is 2.67 bits per heavy atom. The van der Waals surface area contributed by atoms with E-state index in [0.29, 0.717) is 13.0 Å². The fraction of sp³-hybridized carbons (Fsp3) is 0.615. The fourth-order valence-electron chi connectivity index (χ4n) is 1.91. The lowest BCUT2D eigenvalue weighted by Crippen LogP contribution is -2.29. The van der Waals surface area contributed by atoms with E-state index >= 15 is 0 Å². The Hall–Kier alpha value is -1.83. The molecule has 1 unspecified atom stereocenters. The van der Waals surface area contributed by atoms with Gasteiger partial charge in [-0.2, -0.15) is 10.4 Å². The van der Waals surface area contributed by atoms with Crippen molar-refractivity contribution in [2.75, 3.05) is 0 Å². The molecule has 0 bridgehead atoms. The van der Waals surface area contributed by atoms with Crippen LogP contribution in [0.1, 0.15) is 36.7 Å². The van der Waals surface area contributed by atoms with Crippen LogP contribution in [0.25, 0.3) is 0 Å². The Morgan fingerprint density at radius 2 is 2.22 bits per heavy atom. The highest BCUT2D eigenvalue weighted by Gasteiger charge is 2.17. The van der Waals surface area contributed by atoms with Crippen LogP contribution >= 0.6 is 0 Å². The van der Waals surface area contributed by atoms with E-state index in [1.807, 2.05) is 33.9 Å². The molecule has 0 aliphatic rings. The summed E-state index contributed by atoms with van der Waals surface area (Å²) in [6.07, 6.45) is 1.43. The normalized spacial score (nSPS) is 11.9. The average Bonchev–Trinajstić information content (AvgIpc) is 2.58. The van der Waals surface area contributed by atoms with Crippen LogP contribution in [-0.2, 0) is 18.4 Å². The van der Waals surface area contributed by atoms with Crippen molar-refractivity contribution in [3.8, 4) is 6.07 Å². The molecule has 1 amide bonds. The Morgan fingerprint density at radius 1 is 1.56 bits per heavy atom. The zero-order valence-electron chi connectivity index (χ0n) is 11.4. The van der Waals surface area contributed by atoms with E-state index in [1.165, 1.54) is 0 Å². The van der Waals surface area contributed by atoms with Crippen LogP contribution in [0.3, 0.4) is 0 Å². The quantitative estimate of drug-likeness (QED) is 0.860. The average molecular weight is 248 g/mol. The van der Waals surface area contributed by atoms with Crippen LogP contribution in [0, 0.1) is 31.1 Å². The minimum absolute atomic E-state index is 0.193. The maximum absolute atomic E-state index is 11.8. The van der Waals surface area contributed by atoms with E-state index in [1.54, 1.807) is 4.68 Å². The molecule has 0 saturated heterocycles. The van der Waals surface area contributed by atoms with Gasteiger partial charge in [0.15, 0.2) is 0 Å². The number of amides is 1. The molecule has 0 aromatic carbocycles. The van der Waals surface area contributed by atoms with Gasteiger partial charge in [-0.1, -0.05) is 13.3 Å². The third-order valence-electron chi connectivity index (χ3n) is 3.15. The lowest BCUT2D eigenvalue weighted by molar-refractivity contribution is -0.123. The number of aromatic nitrogens is 2. The lowest BCUT2D eigenvalue weighted by atomic mass is 10.0. The summed E-state index contributed by atoms with van der Waals surface area (Å²) >= 11 is 0. The lowest BCUT2D eigenvalue weighted by Gasteiger charge is -2.09. The number of rotatable bonds is 5. The van der Waals surface area contributed by atoms with Crippen molar-refractivity contribution >= 4 is 5.91 Å². The molecule has 0 aliphatic carbocycles. The molecule has 1 aromatic rings.